The summed E-state index contributed by atoms with van der Waals surface area (Å²) in [6, 6.07) is 5.70. The maximum Gasteiger partial charge on any atom is 0.338 e. The molecular formula is C11H13BrO2. The van der Waals surface area contributed by atoms with Gasteiger partial charge in [0.1, 0.15) is 6.61 Å². The van der Waals surface area contributed by atoms with Gasteiger partial charge in [0.2, 0.25) is 0 Å². The molecule has 1 rings (SSSR count). The number of halogens is 1. The molecule has 0 aliphatic rings. The van der Waals surface area contributed by atoms with Crippen LogP contribution in [0.5, 0.6) is 0 Å². The number of hydrogen-bond donors (Lipinski definition) is 0. The van der Waals surface area contributed by atoms with Crippen LogP contribution in [0.15, 0.2) is 18.2 Å². The van der Waals surface area contributed by atoms with E-state index in [0.717, 1.165) is 11.1 Å². The second-order valence-corrected chi connectivity index (χ2v) is 3.99. The average molecular weight is 257 g/mol. The van der Waals surface area contributed by atoms with Crippen molar-refractivity contribution in [2.45, 2.75) is 13.8 Å². The van der Waals surface area contributed by atoms with Gasteiger partial charge in [0.15, 0.2) is 0 Å². The number of alkyl halides is 1. The molecule has 0 fully saturated rings. The highest BCUT2D eigenvalue weighted by molar-refractivity contribution is 9.09. The summed E-state index contributed by atoms with van der Waals surface area (Å²) >= 11 is 3.20. The van der Waals surface area contributed by atoms with E-state index in [-0.39, 0.29) is 5.97 Å². The zero-order valence-corrected chi connectivity index (χ0v) is 9.93. The maximum atomic E-state index is 11.5. The van der Waals surface area contributed by atoms with E-state index in [1.807, 2.05) is 32.0 Å². The monoisotopic (exact) mass is 256 g/mol. The van der Waals surface area contributed by atoms with Crippen LogP contribution in [0.3, 0.4) is 0 Å². The Balaban J connectivity index is 2.79. The molecule has 0 saturated carbocycles. The molecule has 1 aromatic rings. The minimum Gasteiger partial charge on any atom is -0.461 e. The molecule has 14 heavy (non-hydrogen) atoms. The number of aryl methyl sites for hydroxylation is 2. The Kier molecular flexibility index (Phi) is 4.14. The first-order chi connectivity index (χ1) is 6.63. The highest BCUT2D eigenvalue weighted by Gasteiger charge is 2.07. The lowest BCUT2D eigenvalue weighted by atomic mass is 10.1. The van der Waals surface area contributed by atoms with Gasteiger partial charge >= 0.3 is 5.97 Å². The van der Waals surface area contributed by atoms with Gasteiger partial charge in [-0.3, -0.25) is 0 Å². The van der Waals surface area contributed by atoms with Crippen molar-refractivity contribution in [1.29, 1.82) is 0 Å². The minimum atomic E-state index is -0.253. The van der Waals surface area contributed by atoms with Crippen LogP contribution in [0, 0.1) is 13.8 Å². The van der Waals surface area contributed by atoms with E-state index in [4.69, 9.17) is 4.74 Å². The molecule has 2 nitrogen and oxygen atoms in total. The fourth-order valence-corrected chi connectivity index (χ4v) is 1.47. The zero-order chi connectivity index (χ0) is 10.6. The third kappa shape index (κ3) is 3.14. The summed E-state index contributed by atoms with van der Waals surface area (Å²) in [4.78, 5) is 11.5. The van der Waals surface area contributed by atoms with Crippen molar-refractivity contribution in [3.63, 3.8) is 0 Å². The first kappa shape index (κ1) is 11.2. The molecule has 0 heterocycles. The molecule has 0 N–H and O–H groups in total. The predicted molar refractivity (Wildman–Crippen MR) is 60.0 cm³/mol. The van der Waals surface area contributed by atoms with Crippen molar-refractivity contribution in [3.05, 3.63) is 34.9 Å². The van der Waals surface area contributed by atoms with E-state index in [1.165, 1.54) is 0 Å². The van der Waals surface area contributed by atoms with Gasteiger partial charge in [-0.1, -0.05) is 33.1 Å². The summed E-state index contributed by atoms with van der Waals surface area (Å²) in [7, 11) is 0. The third-order valence-corrected chi connectivity index (χ3v) is 2.09. The molecule has 0 radical (unpaired) electrons. The lowest BCUT2D eigenvalue weighted by molar-refractivity contribution is 0.0531. The number of carbonyl (C=O) groups is 1. The Bertz CT molecular complexity index is 314. The molecule has 0 unspecified atom stereocenters. The van der Waals surface area contributed by atoms with Gasteiger partial charge in [-0.15, -0.1) is 0 Å². The number of rotatable bonds is 3. The van der Waals surface area contributed by atoms with Gasteiger partial charge < -0.3 is 4.74 Å². The Hall–Kier alpha value is -0.830. The van der Waals surface area contributed by atoms with E-state index in [2.05, 4.69) is 15.9 Å². The van der Waals surface area contributed by atoms with Crippen LogP contribution in [-0.4, -0.2) is 17.9 Å². The van der Waals surface area contributed by atoms with Gasteiger partial charge in [-0.2, -0.15) is 0 Å². The number of esters is 1. The quantitative estimate of drug-likeness (QED) is 0.614. The fraction of sp³-hybridized carbons (Fsp3) is 0.364. The summed E-state index contributed by atoms with van der Waals surface area (Å²) in [5.74, 6) is -0.253. The van der Waals surface area contributed by atoms with Gasteiger partial charge in [0.25, 0.3) is 0 Å². The van der Waals surface area contributed by atoms with Crippen LogP contribution in [0.4, 0.5) is 0 Å². The minimum absolute atomic E-state index is 0.253. The highest BCUT2D eigenvalue weighted by atomic mass is 79.9. The molecular weight excluding hydrogens is 244 g/mol. The van der Waals surface area contributed by atoms with Crippen molar-refractivity contribution in [2.75, 3.05) is 11.9 Å². The second kappa shape index (κ2) is 5.15. The van der Waals surface area contributed by atoms with E-state index < -0.39 is 0 Å². The zero-order valence-electron chi connectivity index (χ0n) is 8.34. The molecule has 0 bridgehead atoms. The van der Waals surface area contributed by atoms with Crippen LogP contribution in [-0.2, 0) is 4.74 Å². The molecule has 3 heteroatoms. The molecule has 0 amide bonds. The van der Waals surface area contributed by atoms with Crippen molar-refractivity contribution in [2.24, 2.45) is 0 Å². The topological polar surface area (TPSA) is 26.3 Å². The van der Waals surface area contributed by atoms with Crippen LogP contribution in [0.25, 0.3) is 0 Å². The second-order valence-electron chi connectivity index (χ2n) is 3.20. The van der Waals surface area contributed by atoms with Gasteiger partial charge in [0, 0.05) is 5.33 Å². The van der Waals surface area contributed by atoms with Crippen LogP contribution in [0.1, 0.15) is 21.5 Å². The number of benzene rings is 1. The van der Waals surface area contributed by atoms with Crippen LogP contribution < -0.4 is 0 Å². The largest absolute Gasteiger partial charge is 0.461 e. The first-order valence-electron chi connectivity index (χ1n) is 4.45. The Morgan fingerprint density at radius 2 is 1.86 bits per heavy atom. The summed E-state index contributed by atoms with van der Waals surface area (Å²) < 4.78 is 5.00. The van der Waals surface area contributed by atoms with Crippen LogP contribution in [0.2, 0.25) is 0 Å². The summed E-state index contributed by atoms with van der Waals surface area (Å²) in [5, 5.41) is 0.670. The third-order valence-electron chi connectivity index (χ3n) is 1.77. The molecule has 76 valence electrons. The molecule has 0 aliphatic heterocycles. The standard InChI is InChI=1S/C11H13BrO2/c1-8-5-9(2)7-10(6-8)11(13)14-4-3-12/h5-7H,3-4H2,1-2H3. The number of ether oxygens (including phenoxy) is 1. The molecule has 0 saturated heterocycles. The van der Waals surface area contributed by atoms with Crippen molar-refractivity contribution < 1.29 is 9.53 Å². The number of hydrogen-bond acceptors (Lipinski definition) is 2. The molecule has 1 aromatic carbocycles. The van der Waals surface area contributed by atoms with Crippen molar-refractivity contribution >= 4 is 21.9 Å². The fourth-order valence-electron chi connectivity index (χ4n) is 1.31. The lowest BCUT2D eigenvalue weighted by Gasteiger charge is -2.04. The summed E-state index contributed by atoms with van der Waals surface area (Å²) in [5.41, 5.74) is 2.79. The highest BCUT2D eigenvalue weighted by Crippen LogP contribution is 2.10. The Labute approximate surface area is 92.4 Å². The van der Waals surface area contributed by atoms with E-state index in [1.54, 1.807) is 0 Å². The van der Waals surface area contributed by atoms with Gasteiger partial charge in [-0.25, -0.2) is 4.79 Å². The molecule has 0 atom stereocenters. The molecule has 0 aliphatic carbocycles. The summed E-state index contributed by atoms with van der Waals surface area (Å²) in [6.07, 6.45) is 0. The van der Waals surface area contributed by atoms with Gasteiger partial charge in [0.05, 0.1) is 5.56 Å². The van der Waals surface area contributed by atoms with Crippen molar-refractivity contribution in [3.8, 4) is 0 Å². The number of carbonyl (C=O) groups excluding carboxylic acids is 1. The maximum absolute atomic E-state index is 11.5. The van der Waals surface area contributed by atoms with Gasteiger partial charge in [-0.05, 0) is 26.0 Å². The lowest BCUT2D eigenvalue weighted by Crippen LogP contribution is -2.07. The Morgan fingerprint density at radius 3 is 2.36 bits per heavy atom. The molecule has 0 aromatic heterocycles. The normalized spacial score (nSPS) is 9.93. The van der Waals surface area contributed by atoms with Crippen LogP contribution >= 0.6 is 15.9 Å². The SMILES string of the molecule is Cc1cc(C)cc(C(=O)OCCBr)c1. The average Bonchev–Trinajstić information content (AvgIpc) is 2.12. The Morgan fingerprint density at radius 1 is 1.29 bits per heavy atom. The summed E-state index contributed by atoms with van der Waals surface area (Å²) in [6.45, 7) is 4.34. The first-order valence-corrected chi connectivity index (χ1v) is 5.57. The van der Waals surface area contributed by atoms with E-state index in [0.29, 0.717) is 17.5 Å². The van der Waals surface area contributed by atoms with E-state index in [9.17, 15) is 4.79 Å². The predicted octanol–water partition coefficient (Wildman–Crippen LogP) is 2.86. The molecule has 0 spiro atoms. The van der Waals surface area contributed by atoms with Crippen molar-refractivity contribution in [1.82, 2.24) is 0 Å². The van der Waals surface area contributed by atoms with E-state index >= 15 is 0 Å². The smallest absolute Gasteiger partial charge is 0.338 e.